The minimum Gasteiger partial charge on any atom is -0.383 e. The molecule has 0 saturated heterocycles. The van der Waals surface area contributed by atoms with E-state index in [1.807, 2.05) is 0 Å². The van der Waals surface area contributed by atoms with Gasteiger partial charge in [-0.05, 0) is 32.1 Å². The summed E-state index contributed by atoms with van der Waals surface area (Å²) in [5.41, 5.74) is 0. The summed E-state index contributed by atoms with van der Waals surface area (Å²) in [6, 6.07) is 1.20. The third-order valence-electron chi connectivity index (χ3n) is 3.47. The minimum atomic E-state index is 0.538. The normalized spacial score (nSPS) is 22.5. The summed E-state index contributed by atoms with van der Waals surface area (Å²) in [4.78, 5) is 0. The fourth-order valence-electron chi connectivity index (χ4n) is 2.45. The van der Waals surface area contributed by atoms with E-state index in [4.69, 9.17) is 4.74 Å². The summed E-state index contributed by atoms with van der Waals surface area (Å²) in [5.74, 6) is 0.904. The third kappa shape index (κ3) is 3.58. The van der Waals surface area contributed by atoms with E-state index in [-0.39, 0.29) is 0 Å². The molecule has 0 aromatic carbocycles. The smallest absolute Gasteiger partial charge is 0.0615 e. The molecule has 0 bridgehead atoms. The molecule has 1 unspecified atom stereocenters. The van der Waals surface area contributed by atoms with Gasteiger partial charge in [0.25, 0.3) is 0 Å². The zero-order valence-corrected chi connectivity index (χ0v) is 9.88. The van der Waals surface area contributed by atoms with E-state index in [0.29, 0.717) is 12.1 Å². The molecule has 2 atom stereocenters. The average molecular weight is 199 g/mol. The zero-order valence-electron chi connectivity index (χ0n) is 9.88. The van der Waals surface area contributed by atoms with Crippen molar-refractivity contribution in [3.05, 3.63) is 0 Å². The molecule has 2 nitrogen and oxygen atoms in total. The molecule has 84 valence electrons. The van der Waals surface area contributed by atoms with Crippen molar-refractivity contribution in [2.45, 2.75) is 58.0 Å². The van der Waals surface area contributed by atoms with Gasteiger partial charge in [-0.15, -0.1) is 0 Å². The Bertz CT molecular complexity index is 143. The Morgan fingerprint density at radius 2 is 2.00 bits per heavy atom. The summed E-state index contributed by atoms with van der Waals surface area (Å²) in [7, 11) is 1.78. The van der Waals surface area contributed by atoms with E-state index < -0.39 is 0 Å². The van der Waals surface area contributed by atoms with Gasteiger partial charge >= 0.3 is 0 Å². The molecule has 0 aromatic rings. The Hall–Kier alpha value is -0.0800. The molecule has 1 N–H and O–H groups in total. The Balaban J connectivity index is 2.25. The molecule has 0 spiro atoms. The second-order valence-corrected chi connectivity index (χ2v) is 4.56. The van der Waals surface area contributed by atoms with Crippen LogP contribution in [-0.2, 0) is 4.74 Å². The van der Waals surface area contributed by atoms with Crippen molar-refractivity contribution < 1.29 is 4.74 Å². The van der Waals surface area contributed by atoms with Gasteiger partial charge in [-0.25, -0.2) is 0 Å². The largest absolute Gasteiger partial charge is 0.383 e. The molecule has 0 aromatic heterocycles. The van der Waals surface area contributed by atoms with Crippen LogP contribution in [0.2, 0.25) is 0 Å². The molecule has 1 saturated carbocycles. The number of methoxy groups -OCH3 is 1. The van der Waals surface area contributed by atoms with Gasteiger partial charge in [-0.2, -0.15) is 0 Å². The second-order valence-electron chi connectivity index (χ2n) is 4.56. The fraction of sp³-hybridized carbons (Fsp3) is 1.00. The van der Waals surface area contributed by atoms with Crippen molar-refractivity contribution in [3.8, 4) is 0 Å². The number of nitrogens with one attached hydrogen (secondary N) is 1. The van der Waals surface area contributed by atoms with Gasteiger partial charge in [0.1, 0.15) is 0 Å². The van der Waals surface area contributed by atoms with Crippen molar-refractivity contribution in [3.63, 3.8) is 0 Å². The van der Waals surface area contributed by atoms with Crippen molar-refractivity contribution in [1.82, 2.24) is 5.32 Å². The lowest BCUT2D eigenvalue weighted by Gasteiger charge is -2.26. The highest BCUT2D eigenvalue weighted by atomic mass is 16.5. The second kappa shape index (κ2) is 6.41. The van der Waals surface area contributed by atoms with Gasteiger partial charge in [-0.1, -0.05) is 19.8 Å². The molecule has 1 fully saturated rings. The summed E-state index contributed by atoms with van der Waals surface area (Å²) in [6.45, 7) is 5.39. The summed E-state index contributed by atoms with van der Waals surface area (Å²) >= 11 is 0. The highest BCUT2D eigenvalue weighted by Gasteiger charge is 2.22. The van der Waals surface area contributed by atoms with E-state index in [9.17, 15) is 0 Å². The maximum atomic E-state index is 5.20. The molecular weight excluding hydrogens is 174 g/mol. The quantitative estimate of drug-likeness (QED) is 0.710. The van der Waals surface area contributed by atoms with Gasteiger partial charge in [0.15, 0.2) is 0 Å². The SMILES string of the molecule is CCC(COC)N[C@@H](C)C1CCCC1. The van der Waals surface area contributed by atoms with Crippen molar-refractivity contribution in [1.29, 1.82) is 0 Å². The van der Waals surface area contributed by atoms with E-state index in [1.54, 1.807) is 7.11 Å². The predicted octanol–water partition coefficient (Wildman–Crippen LogP) is 2.58. The van der Waals surface area contributed by atoms with E-state index in [0.717, 1.165) is 18.9 Å². The molecule has 0 heterocycles. The predicted molar refractivity (Wildman–Crippen MR) is 60.5 cm³/mol. The Kier molecular flexibility index (Phi) is 5.49. The monoisotopic (exact) mass is 199 g/mol. The summed E-state index contributed by atoms with van der Waals surface area (Å²) in [6.07, 6.45) is 6.84. The van der Waals surface area contributed by atoms with Crippen LogP contribution in [0.4, 0.5) is 0 Å². The van der Waals surface area contributed by atoms with Gasteiger partial charge in [0.05, 0.1) is 6.61 Å². The van der Waals surface area contributed by atoms with Gasteiger partial charge < -0.3 is 10.1 Å². The van der Waals surface area contributed by atoms with E-state index in [2.05, 4.69) is 19.2 Å². The molecular formula is C12H25NO. The third-order valence-corrected chi connectivity index (χ3v) is 3.47. The first kappa shape index (κ1) is 12.0. The van der Waals surface area contributed by atoms with Crippen molar-refractivity contribution >= 4 is 0 Å². The molecule has 2 heteroatoms. The first-order valence-electron chi connectivity index (χ1n) is 6.03. The summed E-state index contributed by atoms with van der Waals surface area (Å²) in [5, 5.41) is 3.68. The lowest BCUT2D eigenvalue weighted by atomic mass is 9.99. The molecule has 0 amide bonds. The van der Waals surface area contributed by atoms with Crippen molar-refractivity contribution in [2.24, 2.45) is 5.92 Å². The maximum Gasteiger partial charge on any atom is 0.0615 e. The first-order valence-corrected chi connectivity index (χ1v) is 6.03. The van der Waals surface area contributed by atoms with Crippen LogP contribution >= 0.6 is 0 Å². The molecule has 1 aliphatic carbocycles. The Morgan fingerprint density at radius 3 is 2.50 bits per heavy atom. The van der Waals surface area contributed by atoms with Crippen LogP contribution in [0.25, 0.3) is 0 Å². The topological polar surface area (TPSA) is 21.3 Å². The molecule has 1 aliphatic rings. The standard InChI is InChI=1S/C12H25NO/c1-4-12(9-14-3)13-10(2)11-7-5-6-8-11/h10-13H,4-9H2,1-3H3/t10-,12?/m0/s1. The van der Waals surface area contributed by atoms with Gasteiger partial charge in [-0.3, -0.25) is 0 Å². The Morgan fingerprint density at radius 1 is 1.36 bits per heavy atom. The zero-order chi connectivity index (χ0) is 10.4. The van der Waals surface area contributed by atoms with Crippen molar-refractivity contribution in [2.75, 3.05) is 13.7 Å². The highest BCUT2D eigenvalue weighted by molar-refractivity contribution is 4.80. The van der Waals surface area contributed by atoms with E-state index in [1.165, 1.54) is 25.7 Å². The highest BCUT2D eigenvalue weighted by Crippen LogP contribution is 2.27. The van der Waals surface area contributed by atoms with Crippen LogP contribution in [0.15, 0.2) is 0 Å². The van der Waals surface area contributed by atoms with Crippen LogP contribution in [0, 0.1) is 5.92 Å². The van der Waals surface area contributed by atoms with Crippen LogP contribution in [0.3, 0.4) is 0 Å². The summed E-state index contributed by atoms with van der Waals surface area (Å²) < 4.78 is 5.20. The minimum absolute atomic E-state index is 0.538. The molecule has 1 rings (SSSR count). The number of hydrogen-bond donors (Lipinski definition) is 1. The van der Waals surface area contributed by atoms with Crippen LogP contribution < -0.4 is 5.32 Å². The van der Waals surface area contributed by atoms with Gasteiger partial charge in [0.2, 0.25) is 0 Å². The van der Waals surface area contributed by atoms with Gasteiger partial charge in [0, 0.05) is 19.2 Å². The first-order chi connectivity index (χ1) is 6.77. The van der Waals surface area contributed by atoms with Crippen LogP contribution in [0.5, 0.6) is 0 Å². The maximum absolute atomic E-state index is 5.20. The van der Waals surface area contributed by atoms with Crippen LogP contribution in [-0.4, -0.2) is 25.8 Å². The molecule has 14 heavy (non-hydrogen) atoms. The number of rotatable bonds is 6. The lowest BCUT2D eigenvalue weighted by molar-refractivity contribution is 0.153. The Labute approximate surface area is 88.4 Å². The lowest BCUT2D eigenvalue weighted by Crippen LogP contribution is -2.42. The fourth-order valence-corrected chi connectivity index (χ4v) is 2.45. The average Bonchev–Trinajstić information content (AvgIpc) is 2.69. The number of hydrogen-bond acceptors (Lipinski definition) is 2. The molecule has 0 radical (unpaired) electrons. The number of ether oxygens (including phenoxy) is 1. The van der Waals surface area contributed by atoms with E-state index >= 15 is 0 Å². The van der Waals surface area contributed by atoms with Crippen LogP contribution in [0.1, 0.15) is 46.0 Å². The molecule has 0 aliphatic heterocycles.